The molecule has 0 unspecified atom stereocenters. The Balaban J connectivity index is 1.74. The number of esters is 1. The molecule has 19 heavy (non-hydrogen) atoms. The van der Waals surface area contributed by atoms with E-state index in [4.69, 9.17) is 9.15 Å². The first-order valence-electron chi connectivity index (χ1n) is 5.90. The molecular weight excluding hydrogens is 248 g/mol. The average molecular weight is 262 g/mol. The van der Waals surface area contributed by atoms with Gasteiger partial charge >= 0.3 is 5.97 Å². The maximum Gasteiger partial charge on any atom is 0.343 e. The second-order valence-corrected chi connectivity index (χ2v) is 4.28. The monoisotopic (exact) mass is 262 g/mol. The largest absolute Gasteiger partial charge is 0.468 e. The molecule has 1 N–H and O–H groups in total. The lowest BCUT2D eigenvalue weighted by Gasteiger charge is -2.28. The first-order chi connectivity index (χ1) is 9.28. The third kappa shape index (κ3) is 2.19. The van der Waals surface area contributed by atoms with Crippen molar-refractivity contribution >= 4 is 11.8 Å². The van der Waals surface area contributed by atoms with Crippen molar-refractivity contribution in [3.63, 3.8) is 0 Å². The van der Waals surface area contributed by atoms with Crippen molar-refractivity contribution in [2.75, 3.05) is 19.1 Å². The molecule has 0 radical (unpaired) electrons. The van der Waals surface area contributed by atoms with Gasteiger partial charge in [0.05, 0.1) is 39.5 Å². The predicted molar refractivity (Wildman–Crippen MR) is 66.3 cm³/mol. The van der Waals surface area contributed by atoms with Gasteiger partial charge in [-0.15, -0.1) is 0 Å². The van der Waals surface area contributed by atoms with E-state index in [1.54, 1.807) is 10.9 Å². The van der Waals surface area contributed by atoms with Crippen molar-refractivity contribution in [1.82, 2.24) is 14.7 Å². The summed E-state index contributed by atoms with van der Waals surface area (Å²) in [5.41, 5.74) is 0.458. The summed E-state index contributed by atoms with van der Waals surface area (Å²) in [5, 5.41) is 7.36. The van der Waals surface area contributed by atoms with E-state index in [1.807, 2.05) is 12.1 Å². The number of furan rings is 1. The van der Waals surface area contributed by atoms with Gasteiger partial charge in [0.25, 0.3) is 0 Å². The average Bonchev–Trinajstić information content (AvgIpc) is 3.06. The molecule has 0 spiro atoms. The van der Waals surface area contributed by atoms with Crippen LogP contribution in [0.1, 0.15) is 16.1 Å². The van der Waals surface area contributed by atoms with E-state index < -0.39 is 0 Å². The van der Waals surface area contributed by atoms with E-state index in [9.17, 15) is 4.79 Å². The number of ether oxygens (including phenoxy) is 1. The van der Waals surface area contributed by atoms with E-state index in [-0.39, 0.29) is 5.97 Å². The van der Waals surface area contributed by atoms with Crippen molar-refractivity contribution in [1.29, 1.82) is 0 Å². The minimum Gasteiger partial charge on any atom is -0.468 e. The highest BCUT2D eigenvalue weighted by molar-refractivity contribution is 5.94. The molecule has 0 aliphatic carbocycles. The van der Waals surface area contributed by atoms with Gasteiger partial charge in [0.15, 0.2) is 0 Å². The molecule has 7 nitrogen and oxygen atoms in total. The molecule has 0 saturated heterocycles. The Labute approximate surface area is 109 Å². The topological polar surface area (TPSA) is 72.5 Å². The van der Waals surface area contributed by atoms with Crippen LogP contribution in [0, 0.1) is 0 Å². The number of aromatic nitrogens is 2. The third-order valence-electron chi connectivity index (χ3n) is 3.01. The van der Waals surface area contributed by atoms with Crippen LogP contribution in [0.4, 0.5) is 5.82 Å². The van der Waals surface area contributed by atoms with Gasteiger partial charge in [0.2, 0.25) is 0 Å². The fourth-order valence-corrected chi connectivity index (χ4v) is 2.09. The van der Waals surface area contributed by atoms with Crippen LogP contribution in [-0.2, 0) is 18.0 Å². The lowest BCUT2D eigenvalue weighted by Crippen LogP contribution is -2.37. The minimum atomic E-state index is -0.381. The predicted octanol–water partition coefficient (Wildman–Crippen LogP) is 1.11. The van der Waals surface area contributed by atoms with Crippen LogP contribution in [0.15, 0.2) is 29.0 Å². The molecule has 0 saturated carbocycles. The zero-order valence-corrected chi connectivity index (χ0v) is 10.5. The van der Waals surface area contributed by atoms with Crippen LogP contribution < -0.4 is 5.32 Å². The van der Waals surface area contributed by atoms with E-state index in [2.05, 4.69) is 15.3 Å². The molecule has 0 aromatic carbocycles. The molecule has 0 fully saturated rings. The Hall–Kier alpha value is -2.28. The van der Waals surface area contributed by atoms with Crippen molar-refractivity contribution in [3.05, 3.63) is 35.9 Å². The Morgan fingerprint density at radius 1 is 1.63 bits per heavy atom. The SMILES string of the molecule is COC(=O)c1cnn2c1NCN(Cc1ccco1)C2. The number of methoxy groups -OCH3 is 1. The first kappa shape index (κ1) is 11.8. The van der Waals surface area contributed by atoms with Crippen LogP contribution in [0.3, 0.4) is 0 Å². The normalized spacial score (nSPS) is 14.8. The number of fused-ring (bicyclic) bond motifs is 1. The van der Waals surface area contributed by atoms with Gasteiger partial charge in [-0.1, -0.05) is 0 Å². The summed E-state index contributed by atoms with van der Waals surface area (Å²) in [6.07, 6.45) is 3.17. The molecule has 100 valence electrons. The Morgan fingerprint density at radius 3 is 3.26 bits per heavy atom. The second-order valence-electron chi connectivity index (χ2n) is 4.28. The van der Waals surface area contributed by atoms with Gasteiger partial charge < -0.3 is 14.5 Å². The van der Waals surface area contributed by atoms with E-state index >= 15 is 0 Å². The maximum absolute atomic E-state index is 11.5. The summed E-state index contributed by atoms with van der Waals surface area (Å²) < 4.78 is 11.8. The summed E-state index contributed by atoms with van der Waals surface area (Å²) in [6, 6.07) is 3.79. The summed E-state index contributed by atoms with van der Waals surface area (Å²) in [4.78, 5) is 13.7. The molecule has 0 bridgehead atoms. The van der Waals surface area contributed by atoms with Crippen LogP contribution in [0.2, 0.25) is 0 Å². The molecule has 0 amide bonds. The van der Waals surface area contributed by atoms with Gasteiger partial charge in [-0.2, -0.15) is 5.10 Å². The first-order valence-corrected chi connectivity index (χ1v) is 5.90. The van der Waals surface area contributed by atoms with Gasteiger partial charge in [-0.25, -0.2) is 9.48 Å². The fourth-order valence-electron chi connectivity index (χ4n) is 2.09. The lowest BCUT2D eigenvalue weighted by atomic mass is 10.3. The van der Waals surface area contributed by atoms with E-state index in [0.29, 0.717) is 31.3 Å². The molecule has 3 rings (SSSR count). The zero-order chi connectivity index (χ0) is 13.2. The van der Waals surface area contributed by atoms with Gasteiger partial charge in [-0.3, -0.25) is 4.90 Å². The number of hydrogen-bond acceptors (Lipinski definition) is 6. The Bertz CT molecular complexity index is 576. The van der Waals surface area contributed by atoms with Crippen molar-refractivity contribution < 1.29 is 13.9 Å². The van der Waals surface area contributed by atoms with Crippen LogP contribution in [-0.4, -0.2) is 34.4 Å². The summed E-state index contributed by atoms with van der Waals surface area (Å²) in [5.74, 6) is 1.21. The van der Waals surface area contributed by atoms with E-state index in [0.717, 1.165) is 5.76 Å². The Morgan fingerprint density at radius 2 is 2.53 bits per heavy atom. The van der Waals surface area contributed by atoms with Crippen molar-refractivity contribution in [2.24, 2.45) is 0 Å². The molecule has 2 aromatic heterocycles. The molecule has 0 atom stereocenters. The highest BCUT2D eigenvalue weighted by Crippen LogP contribution is 2.21. The molecule has 7 heteroatoms. The van der Waals surface area contributed by atoms with Crippen LogP contribution in [0.25, 0.3) is 0 Å². The zero-order valence-electron chi connectivity index (χ0n) is 10.5. The number of nitrogens with zero attached hydrogens (tertiary/aromatic N) is 3. The molecule has 2 aromatic rings. The van der Waals surface area contributed by atoms with Crippen molar-refractivity contribution in [2.45, 2.75) is 13.2 Å². The highest BCUT2D eigenvalue weighted by Gasteiger charge is 2.23. The quantitative estimate of drug-likeness (QED) is 0.835. The number of anilines is 1. The summed E-state index contributed by atoms with van der Waals surface area (Å²) in [6.45, 7) is 1.91. The minimum absolute atomic E-state index is 0.381. The second kappa shape index (κ2) is 4.77. The van der Waals surface area contributed by atoms with Crippen molar-refractivity contribution in [3.8, 4) is 0 Å². The highest BCUT2D eigenvalue weighted by atomic mass is 16.5. The molecule has 3 heterocycles. The smallest absolute Gasteiger partial charge is 0.343 e. The fraction of sp³-hybridized carbons (Fsp3) is 0.333. The lowest BCUT2D eigenvalue weighted by molar-refractivity contribution is 0.0601. The van der Waals surface area contributed by atoms with E-state index in [1.165, 1.54) is 13.3 Å². The molecule has 1 aliphatic rings. The van der Waals surface area contributed by atoms with Crippen LogP contribution in [0.5, 0.6) is 0 Å². The number of hydrogen-bond donors (Lipinski definition) is 1. The Kier molecular flexibility index (Phi) is 2.96. The van der Waals surface area contributed by atoms with Crippen LogP contribution >= 0.6 is 0 Å². The van der Waals surface area contributed by atoms with Gasteiger partial charge in [0, 0.05) is 0 Å². The van der Waals surface area contributed by atoms with Gasteiger partial charge in [-0.05, 0) is 12.1 Å². The number of rotatable bonds is 3. The molecular formula is C12H14N4O3. The number of carbonyl (C=O) groups excluding carboxylic acids is 1. The number of nitrogens with one attached hydrogen (secondary N) is 1. The van der Waals surface area contributed by atoms with Gasteiger partial charge in [0.1, 0.15) is 17.1 Å². The standard InChI is InChI=1S/C12H14N4O3/c1-18-12(17)10-5-14-16-8-15(7-13-11(10)16)6-9-3-2-4-19-9/h2-5,13H,6-8H2,1H3. The summed E-state index contributed by atoms with van der Waals surface area (Å²) >= 11 is 0. The maximum atomic E-state index is 11.5. The third-order valence-corrected chi connectivity index (χ3v) is 3.01. The number of carbonyl (C=O) groups is 1. The molecule has 1 aliphatic heterocycles. The summed E-state index contributed by atoms with van der Waals surface area (Å²) in [7, 11) is 1.36.